The van der Waals surface area contributed by atoms with Crippen molar-refractivity contribution in [2.75, 3.05) is 28.1 Å². The predicted molar refractivity (Wildman–Crippen MR) is 134 cm³/mol. The number of nitrogens with one attached hydrogen (secondary N) is 4. The molecule has 10 nitrogen and oxygen atoms in total. The molecule has 4 aromatic rings. The van der Waals surface area contributed by atoms with Crippen molar-refractivity contribution in [3.8, 4) is 11.5 Å². The number of carbonyl (C=O) groups excluding carboxylic acids is 1. The number of nitrogens with zero attached hydrogens (tertiary/aromatic N) is 3. The molecule has 5 rings (SSSR count). The molecule has 2 aromatic heterocycles. The maximum Gasteiger partial charge on any atom is 0.323 e. The first-order valence-corrected chi connectivity index (χ1v) is 10.9. The molecule has 0 aliphatic carbocycles. The zero-order valence-electron chi connectivity index (χ0n) is 19.1. The van der Waals surface area contributed by atoms with Gasteiger partial charge in [0.25, 0.3) is 0 Å². The Balaban J connectivity index is 1.20. The molecular weight excluding hydrogens is 446 g/mol. The van der Waals surface area contributed by atoms with E-state index in [4.69, 9.17) is 9.47 Å². The van der Waals surface area contributed by atoms with Gasteiger partial charge in [-0.15, -0.1) is 0 Å². The minimum atomic E-state index is -0.364. The minimum Gasteiger partial charge on any atom is -0.454 e. The van der Waals surface area contributed by atoms with Crippen LogP contribution in [-0.2, 0) is 0 Å². The van der Waals surface area contributed by atoms with Crippen LogP contribution in [0.5, 0.6) is 11.5 Å². The fourth-order valence-electron chi connectivity index (χ4n) is 3.48. The number of pyridine rings is 1. The Bertz CT molecular complexity index is 1380. The lowest BCUT2D eigenvalue weighted by Gasteiger charge is -2.11. The monoisotopic (exact) mass is 469 g/mol. The van der Waals surface area contributed by atoms with E-state index in [0.29, 0.717) is 46.2 Å². The number of anilines is 6. The van der Waals surface area contributed by atoms with E-state index in [1.54, 1.807) is 36.5 Å². The maximum absolute atomic E-state index is 12.4. The van der Waals surface area contributed by atoms with Gasteiger partial charge in [0.05, 0.1) is 0 Å². The van der Waals surface area contributed by atoms with E-state index < -0.39 is 0 Å². The van der Waals surface area contributed by atoms with E-state index in [2.05, 4.69) is 36.2 Å². The molecule has 10 heteroatoms. The van der Waals surface area contributed by atoms with Crippen LogP contribution in [0.15, 0.2) is 66.9 Å². The summed E-state index contributed by atoms with van der Waals surface area (Å²) in [5.74, 6) is 3.86. The van der Waals surface area contributed by atoms with E-state index in [-0.39, 0.29) is 12.8 Å². The van der Waals surface area contributed by atoms with Crippen LogP contribution >= 0.6 is 0 Å². The van der Waals surface area contributed by atoms with Gasteiger partial charge in [0.15, 0.2) is 11.5 Å². The summed E-state index contributed by atoms with van der Waals surface area (Å²) < 4.78 is 10.6. The van der Waals surface area contributed by atoms with Crippen LogP contribution in [0.3, 0.4) is 0 Å². The summed E-state index contributed by atoms with van der Waals surface area (Å²) in [4.78, 5) is 25.6. The molecule has 2 aromatic carbocycles. The van der Waals surface area contributed by atoms with E-state index in [9.17, 15) is 4.79 Å². The summed E-state index contributed by atoms with van der Waals surface area (Å²) in [6.45, 7) is 4.01. The Kier molecular flexibility index (Phi) is 6.00. The number of aryl methyl sites for hydroxylation is 2. The average Bonchev–Trinajstić information content (AvgIpc) is 3.28. The van der Waals surface area contributed by atoms with Crippen molar-refractivity contribution in [2.24, 2.45) is 0 Å². The first-order valence-electron chi connectivity index (χ1n) is 10.9. The zero-order valence-corrected chi connectivity index (χ0v) is 19.1. The standard InChI is InChI=1S/C25H23N7O3/c1-15-9-10-26-22(11-15)32-24-13-23(27-16(2)28-24)29-17-3-5-18(6-4-17)30-25(33)31-19-7-8-20-21(12-19)35-14-34-20/h3-13H,14H2,1-2H3,(H2,30,31,33)(H2,26,27,28,29,32). The van der Waals surface area contributed by atoms with E-state index in [1.165, 1.54) is 0 Å². The molecule has 0 saturated heterocycles. The molecule has 4 N–H and O–H groups in total. The van der Waals surface area contributed by atoms with Gasteiger partial charge < -0.3 is 30.7 Å². The third-order valence-electron chi connectivity index (χ3n) is 5.06. The molecule has 0 radical (unpaired) electrons. The van der Waals surface area contributed by atoms with Crippen LogP contribution in [0.25, 0.3) is 0 Å². The third-order valence-corrected chi connectivity index (χ3v) is 5.06. The SMILES string of the molecule is Cc1ccnc(Nc2cc(Nc3ccc(NC(=O)Nc4ccc5c(c4)OCO5)cc3)nc(C)n2)c1. The van der Waals surface area contributed by atoms with Gasteiger partial charge in [-0.2, -0.15) is 0 Å². The molecule has 0 atom stereocenters. The lowest BCUT2D eigenvalue weighted by molar-refractivity contribution is 0.174. The highest BCUT2D eigenvalue weighted by Crippen LogP contribution is 2.34. The summed E-state index contributed by atoms with van der Waals surface area (Å²) in [5.41, 5.74) is 3.16. The van der Waals surface area contributed by atoms with Crippen LogP contribution in [0, 0.1) is 13.8 Å². The van der Waals surface area contributed by atoms with Gasteiger partial charge in [-0.3, -0.25) is 0 Å². The molecule has 1 aliphatic rings. The van der Waals surface area contributed by atoms with Gasteiger partial charge >= 0.3 is 6.03 Å². The quantitative estimate of drug-likeness (QED) is 0.298. The number of rotatable bonds is 6. The van der Waals surface area contributed by atoms with E-state index in [1.807, 2.05) is 44.2 Å². The molecule has 2 amide bonds. The van der Waals surface area contributed by atoms with E-state index in [0.717, 1.165) is 11.3 Å². The molecule has 1 aliphatic heterocycles. The number of hydrogen-bond acceptors (Lipinski definition) is 8. The van der Waals surface area contributed by atoms with Gasteiger partial charge in [-0.05, 0) is 67.9 Å². The smallest absolute Gasteiger partial charge is 0.323 e. The highest BCUT2D eigenvalue weighted by atomic mass is 16.7. The van der Waals surface area contributed by atoms with Crippen LogP contribution in [0.1, 0.15) is 11.4 Å². The number of urea groups is 1. The second-order valence-electron chi connectivity index (χ2n) is 7.88. The lowest BCUT2D eigenvalue weighted by atomic mass is 10.2. The number of amides is 2. The molecule has 0 spiro atoms. The fourth-order valence-corrected chi connectivity index (χ4v) is 3.48. The number of ether oxygens (including phenoxy) is 2. The Hall–Kier alpha value is -4.86. The van der Waals surface area contributed by atoms with Gasteiger partial charge in [0, 0.05) is 35.4 Å². The Morgan fingerprint density at radius 3 is 2.23 bits per heavy atom. The topological polar surface area (TPSA) is 122 Å². The van der Waals surface area contributed by atoms with Crippen LogP contribution in [-0.4, -0.2) is 27.8 Å². The average molecular weight is 470 g/mol. The lowest BCUT2D eigenvalue weighted by Crippen LogP contribution is -2.19. The summed E-state index contributed by atoms with van der Waals surface area (Å²) in [6.07, 6.45) is 1.75. The van der Waals surface area contributed by atoms with Crippen molar-refractivity contribution < 1.29 is 14.3 Å². The van der Waals surface area contributed by atoms with Crippen LogP contribution in [0.4, 0.5) is 39.3 Å². The van der Waals surface area contributed by atoms with Crippen molar-refractivity contribution in [2.45, 2.75) is 13.8 Å². The summed E-state index contributed by atoms with van der Waals surface area (Å²) in [6, 6.07) is 17.8. The second kappa shape index (κ2) is 9.56. The maximum atomic E-state index is 12.4. The van der Waals surface area contributed by atoms with Crippen LogP contribution in [0.2, 0.25) is 0 Å². The van der Waals surface area contributed by atoms with Gasteiger partial charge in [0.1, 0.15) is 23.3 Å². The van der Waals surface area contributed by atoms with Crippen molar-refractivity contribution >= 4 is 40.5 Å². The number of fused-ring (bicyclic) bond motifs is 1. The number of aromatic nitrogens is 3. The van der Waals surface area contributed by atoms with Crippen molar-refractivity contribution in [3.63, 3.8) is 0 Å². The number of benzene rings is 2. The largest absolute Gasteiger partial charge is 0.454 e. The molecule has 0 unspecified atom stereocenters. The van der Waals surface area contributed by atoms with Crippen molar-refractivity contribution in [3.05, 3.63) is 78.2 Å². The molecule has 0 fully saturated rings. The third kappa shape index (κ3) is 5.56. The number of hydrogen-bond donors (Lipinski definition) is 4. The number of carbonyl (C=O) groups is 1. The molecule has 0 saturated carbocycles. The normalized spacial score (nSPS) is 11.6. The predicted octanol–water partition coefficient (Wildman–Crippen LogP) is 5.35. The first kappa shape index (κ1) is 22.0. The minimum absolute atomic E-state index is 0.182. The summed E-state index contributed by atoms with van der Waals surface area (Å²) in [7, 11) is 0. The van der Waals surface area contributed by atoms with Crippen molar-refractivity contribution in [1.82, 2.24) is 15.0 Å². The second-order valence-corrected chi connectivity index (χ2v) is 7.88. The summed E-state index contributed by atoms with van der Waals surface area (Å²) >= 11 is 0. The Morgan fingerprint density at radius 1 is 0.743 bits per heavy atom. The Labute approximate surface area is 201 Å². The van der Waals surface area contributed by atoms with Gasteiger partial charge in [-0.1, -0.05) is 0 Å². The zero-order chi connectivity index (χ0) is 24.2. The van der Waals surface area contributed by atoms with Gasteiger partial charge in [0.2, 0.25) is 6.79 Å². The molecule has 35 heavy (non-hydrogen) atoms. The Morgan fingerprint density at radius 2 is 1.43 bits per heavy atom. The fraction of sp³-hybridized carbons (Fsp3) is 0.120. The molecule has 0 bridgehead atoms. The van der Waals surface area contributed by atoms with Gasteiger partial charge in [-0.25, -0.2) is 19.7 Å². The molecule has 176 valence electrons. The summed E-state index contributed by atoms with van der Waals surface area (Å²) in [5, 5.41) is 12.1. The highest BCUT2D eigenvalue weighted by Gasteiger charge is 2.14. The van der Waals surface area contributed by atoms with E-state index >= 15 is 0 Å². The first-order chi connectivity index (χ1) is 17.0. The highest BCUT2D eigenvalue weighted by molar-refractivity contribution is 6.00. The van der Waals surface area contributed by atoms with Crippen molar-refractivity contribution in [1.29, 1.82) is 0 Å². The van der Waals surface area contributed by atoms with Crippen LogP contribution < -0.4 is 30.7 Å². The molecule has 3 heterocycles. The molecular formula is C25H23N7O3.